The second-order valence-corrected chi connectivity index (χ2v) is 4.62. The highest BCUT2D eigenvalue weighted by atomic mass is 79.9. The Bertz CT molecular complexity index is 434. The summed E-state index contributed by atoms with van der Waals surface area (Å²) in [5.74, 6) is 0.565. The highest BCUT2D eigenvalue weighted by molar-refractivity contribution is 9.10. The topological polar surface area (TPSA) is 64.3 Å². The van der Waals surface area contributed by atoms with Gasteiger partial charge in [0.2, 0.25) is 0 Å². The van der Waals surface area contributed by atoms with E-state index in [2.05, 4.69) is 21.2 Å². The predicted molar refractivity (Wildman–Crippen MR) is 65.6 cm³/mol. The molecule has 0 aliphatic carbocycles. The third kappa shape index (κ3) is 2.05. The van der Waals surface area contributed by atoms with E-state index in [1.54, 1.807) is 0 Å². The first-order chi connectivity index (χ1) is 7.61. The van der Waals surface area contributed by atoms with Crippen molar-refractivity contribution in [3.8, 4) is 5.75 Å². The van der Waals surface area contributed by atoms with Gasteiger partial charge in [-0.05, 0) is 31.2 Å². The van der Waals surface area contributed by atoms with Crippen LogP contribution in [0.1, 0.15) is 12.0 Å². The minimum Gasteiger partial charge on any atom is -0.478 e. The van der Waals surface area contributed by atoms with Gasteiger partial charge in [-0.2, -0.15) is 0 Å². The van der Waals surface area contributed by atoms with Crippen LogP contribution in [-0.4, -0.2) is 18.6 Å². The molecule has 1 aliphatic heterocycles. The number of carbonyl (C=O) groups is 1. The molecule has 16 heavy (non-hydrogen) atoms. The molecule has 1 aliphatic rings. The fourth-order valence-electron chi connectivity index (χ4n) is 1.62. The monoisotopic (exact) mass is 284 g/mol. The first-order valence-corrected chi connectivity index (χ1v) is 5.89. The molecule has 1 amide bonds. The number of rotatable bonds is 2. The van der Waals surface area contributed by atoms with Crippen molar-refractivity contribution in [2.75, 3.05) is 11.9 Å². The molecule has 0 saturated carbocycles. The van der Waals surface area contributed by atoms with E-state index in [-0.39, 0.29) is 5.91 Å². The zero-order valence-corrected chi connectivity index (χ0v) is 10.5. The molecular formula is C11H13BrN2O2. The zero-order chi connectivity index (χ0) is 11.7. The van der Waals surface area contributed by atoms with Crippen LogP contribution in [0.25, 0.3) is 0 Å². The smallest absolute Gasteiger partial charge is 0.265 e. The van der Waals surface area contributed by atoms with Gasteiger partial charge in [-0.3, -0.25) is 4.79 Å². The van der Waals surface area contributed by atoms with Gasteiger partial charge in [0.25, 0.3) is 5.91 Å². The molecule has 1 unspecified atom stereocenters. The molecule has 0 aromatic heterocycles. The third-order valence-electron chi connectivity index (χ3n) is 2.51. The van der Waals surface area contributed by atoms with E-state index >= 15 is 0 Å². The van der Waals surface area contributed by atoms with E-state index in [1.807, 2.05) is 19.1 Å². The normalized spacial score (nSPS) is 18.7. The predicted octanol–water partition coefficient (Wildman–Crippen LogP) is 1.81. The third-order valence-corrected chi connectivity index (χ3v) is 3.36. The Hall–Kier alpha value is -1.07. The van der Waals surface area contributed by atoms with Crippen molar-refractivity contribution in [3.63, 3.8) is 0 Å². The number of amides is 1. The van der Waals surface area contributed by atoms with Crippen LogP contribution in [0.5, 0.6) is 5.75 Å². The van der Waals surface area contributed by atoms with Crippen LogP contribution in [0.15, 0.2) is 16.6 Å². The number of ether oxygens (including phenoxy) is 1. The molecule has 86 valence electrons. The summed E-state index contributed by atoms with van der Waals surface area (Å²) in [6.45, 7) is 2.39. The minimum absolute atomic E-state index is 0.125. The summed E-state index contributed by atoms with van der Waals surface area (Å²) in [5.41, 5.74) is 7.20. The van der Waals surface area contributed by atoms with Gasteiger partial charge < -0.3 is 15.8 Å². The number of hydrogen-bond donors (Lipinski definition) is 2. The molecule has 0 spiro atoms. The fourth-order valence-corrected chi connectivity index (χ4v) is 1.94. The Morgan fingerprint density at radius 1 is 1.56 bits per heavy atom. The Morgan fingerprint density at radius 3 is 3.00 bits per heavy atom. The van der Waals surface area contributed by atoms with Gasteiger partial charge in [0.15, 0.2) is 6.10 Å². The van der Waals surface area contributed by atoms with E-state index in [1.165, 1.54) is 0 Å². The largest absolute Gasteiger partial charge is 0.478 e. The van der Waals surface area contributed by atoms with Crippen molar-refractivity contribution < 1.29 is 9.53 Å². The van der Waals surface area contributed by atoms with Crippen molar-refractivity contribution >= 4 is 27.5 Å². The fraction of sp³-hybridized carbons (Fsp3) is 0.364. The second kappa shape index (κ2) is 4.43. The maximum absolute atomic E-state index is 11.6. The van der Waals surface area contributed by atoms with Crippen LogP contribution in [0, 0.1) is 6.92 Å². The first kappa shape index (κ1) is 11.4. The van der Waals surface area contributed by atoms with Crippen molar-refractivity contribution in [1.82, 2.24) is 0 Å². The SMILES string of the molecule is Cc1cc2c(cc1Br)OC(CCN)C(=O)N2. The molecule has 0 radical (unpaired) electrons. The van der Waals surface area contributed by atoms with Gasteiger partial charge in [-0.25, -0.2) is 0 Å². The molecule has 1 heterocycles. The highest BCUT2D eigenvalue weighted by Gasteiger charge is 2.27. The molecule has 1 aromatic carbocycles. The zero-order valence-electron chi connectivity index (χ0n) is 8.92. The van der Waals surface area contributed by atoms with Gasteiger partial charge in [0, 0.05) is 10.9 Å². The van der Waals surface area contributed by atoms with Crippen LogP contribution >= 0.6 is 15.9 Å². The van der Waals surface area contributed by atoms with E-state index in [0.717, 1.165) is 15.7 Å². The minimum atomic E-state index is -0.480. The molecule has 1 atom stereocenters. The molecule has 2 rings (SSSR count). The molecule has 0 saturated heterocycles. The van der Waals surface area contributed by atoms with E-state index in [0.29, 0.717) is 18.7 Å². The number of fused-ring (bicyclic) bond motifs is 1. The summed E-state index contributed by atoms with van der Waals surface area (Å²) in [7, 11) is 0. The van der Waals surface area contributed by atoms with Crippen molar-refractivity contribution in [1.29, 1.82) is 0 Å². The van der Waals surface area contributed by atoms with Crippen LogP contribution in [0.2, 0.25) is 0 Å². The number of halogens is 1. The average molecular weight is 285 g/mol. The number of anilines is 1. The van der Waals surface area contributed by atoms with Crippen LogP contribution in [-0.2, 0) is 4.79 Å². The Kier molecular flexibility index (Phi) is 3.16. The molecule has 5 heteroatoms. The van der Waals surface area contributed by atoms with Crippen LogP contribution < -0.4 is 15.8 Å². The molecule has 4 nitrogen and oxygen atoms in total. The van der Waals surface area contributed by atoms with Crippen molar-refractivity contribution in [3.05, 3.63) is 22.2 Å². The number of hydrogen-bond acceptors (Lipinski definition) is 3. The van der Waals surface area contributed by atoms with Crippen molar-refractivity contribution in [2.24, 2.45) is 5.73 Å². The standard InChI is InChI=1S/C11H13BrN2O2/c1-6-4-8-10(5-7(6)12)16-9(2-3-13)11(15)14-8/h4-5,9H,2-3,13H2,1H3,(H,14,15). The lowest BCUT2D eigenvalue weighted by atomic mass is 10.1. The summed E-state index contributed by atoms with van der Waals surface area (Å²) < 4.78 is 6.56. The summed E-state index contributed by atoms with van der Waals surface area (Å²) >= 11 is 3.43. The number of nitrogens with two attached hydrogens (primary N) is 1. The lowest BCUT2D eigenvalue weighted by Gasteiger charge is -2.26. The molecular weight excluding hydrogens is 272 g/mol. The summed E-state index contributed by atoms with van der Waals surface area (Å²) in [6.07, 6.45) is 0.0450. The summed E-state index contributed by atoms with van der Waals surface area (Å²) in [5, 5.41) is 2.82. The van der Waals surface area contributed by atoms with Gasteiger partial charge in [0.1, 0.15) is 5.75 Å². The number of nitrogens with one attached hydrogen (secondary N) is 1. The first-order valence-electron chi connectivity index (χ1n) is 5.09. The van der Waals surface area contributed by atoms with Crippen LogP contribution in [0.3, 0.4) is 0 Å². The molecule has 1 aromatic rings. The maximum atomic E-state index is 11.6. The second-order valence-electron chi connectivity index (χ2n) is 3.77. The molecule has 0 fully saturated rings. The van der Waals surface area contributed by atoms with Gasteiger partial charge in [-0.1, -0.05) is 15.9 Å². The average Bonchev–Trinajstić information content (AvgIpc) is 2.23. The summed E-state index contributed by atoms with van der Waals surface area (Å²) in [4.78, 5) is 11.6. The lowest BCUT2D eigenvalue weighted by molar-refractivity contribution is -0.123. The van der Waals surface area contributed by atoms with E-state index in [4.69, 9.17) is 10.5 Å². The van der Waals surface area contributed by atoms with Gasteiger partial charge in [0.05, 0.1) is 5.69 Å². The van der Waals surface area contributed by atoms with E-state index < -0.39 is 6.10 Å². The van der Waals surface area contributed by atoms with E-state index in [9.17, 15) is 4.79 Å². The number of aryl methyl sites for hydroxylation is 1. The van der Waals surface area contributed by atoms with Gasteiger partial charge in [-0.15, -0.1) is 0 Å². The maximum Gasteiger partial charge on any atom is 0.265 e. The Balaban J connectivity index is 2.32. The number of carbonyl (C=O) groups excluding carboxylic acids is 1. The van der Waals surface area contributed by atoms with Crippen LogP contribution in [0.4, 0.5) is 5.69 Å². The van der Waals surface area contributed by atoms with Gasteiger partial charge >= 0.3 is 0 Å². The summed E-state index contributed by atoms with van der Waals surface area (Å²) in [6, 6.07) is 3.75. The molecule has 0 bridgehead atoms. The molecule has 3 N–H and O–H groups in total. The highest BCUT2D eigenvalue weighted by Crippen LogP contribution is 2.35. The lowest BCUT2D eigenvalue weighted by Crippen LogP contribution is -2.38. The quantitative estimate of drug-likeness (QED) is 0.871. The van der Waals surface area contributed by atoms with Crippen molar-refractivity contribution in [2.45, 2.75) is 19.4 Å². The Labute approximate surface area is 102 Å². The number of benzene rings is 1. The Morgan fingerprint density at radius 2 is 2.31 bits per heavy atom.